The number of rotatable bonds is 6. The maximum atomic E-state index is 13.5. The zero-order chi connectivity index (χ0) is 23.5. The Balaban J connectivity index is 1.77. The van der Waals surface area contributed by atoms with Gasteiger partial charge in [0, 0.05) is 10.4 Å². The Labute approximate surface area is 229 Å². The Morgan fingerprint density at radius 1 is 1.21 bits per heavy atom. The third-order valence-corrected chi connectivity index (χ3v) is 8.14. The highest BCUT2D eigenvalue weighted by atomic mass is 127. The molecule has 0 bridgehead atoms. The van der Waals surface area contributed by atoms with Crippen LogP contribution in [0.5, 0.6) is 5.75 Å². The Kier molecular flexibility index (Phi) is 8.48. The molecule has 1 fully saturated rings. The predicted octanol–water partition coefficient (Wildman–Crippen LogP) is 7.48. The first-order chi connectivity index (χ1) is 15.9. The van der Waals surface area contributed by atoms with Gasteiger partial charge < -0.3 is 4.74 Å². The summed E-state index contributed by atoms with van der Waals surface area (Å²) in [4.78, 5) is 18.4. The molecule has 0 spiro atoms. The number of benzene rings is 2. The van der Waals surface area contributed by atoms with Crippen LogP contribution in [0.25, 0.3) is 10.9 Å². The Bertz CT molecular complexity index is 1230. The van der Waals surface area contributed by atoms with E-state index in [9.17, 15) is 4.79 Å². The van der Waals surface area contributed by atoms with Crippen LogP contribution in [-0.4, -0.2) is 22.0 Å². The lowest BCUT2D eigenvalue weighted by molar-refractivity contribution is 0.214. The number of halogens is 3. The molecule has 1 atom stereocenters. The molecular formula is C25H26BrI2N3O2. The van der Waals surface area contributed by atoms with Gasteiger partial charge in [-0.3, -0.25) is 4.79 Å². The molecule has 4 rings (SSSR count). The fourth-order valence-corrected chi connectivity index (χ4v) is 6.51. The van der Waals surface area contributed by atoms with Crippen LogP contribution in [0.15, 0.2) is 44.7 Å². The Hall–Kier alpha value is -1.01. The van der Waals surface area contributed by atoms with Crippen LogP contribution >= 0.6 is 61.1 Å². The molecule has 8 heteroatoms. The average molecular weight is 734 g/mol. The molecule has 0 radical (unpaired) electrons. The highest BCUT2D eigenvalue weighted by Crippen LogP contribution is 2.32. The maximum Gasteiger partial charge on any atom is 0.282 e. The second kappa shape index (κ2) is 11.2. The minimum Gasteiger partial charge on any atom is -0.489 e. The van der Waals surface area contributed by atoms with Crippen molar-refractivity contribution in [2.24, 2.45) is 5.10 Å². The van der Waals surface area contributed by atoms with Gasteiger partial charge in [-0.05, 0) is 107 Å². The van der Waals surface area contributed by atoms with E-state index < -0.39 is 0 Å². The molecular weight excluding hydrogens is 708 g/mol. The van der Waals surface area contributed by atoms with Crippen LogP contribution in [0.4, 0.5) is 0 Å². The van der Waals surface area contributed by atoms with Gasteiger partial charge in [0.1, 0.15) is 11.6 Å². The van der Waals surface area contributed by atoms with Crippen LogP contribution < -0.4 is 10.3 Å². The quantitative estimate of drug-likeness (QED) is 0.195. The molecule has 174 valence electrons. The van der Waals surface area contributed by atoms with Gasteiger partial charge in [-0.2, -0.15) is 9.78 Å². The normalized spacial score (nSPS) is 15.9. The van der Waals surface area contributed by atoms with Gasteiger partial charge in [-0.25, -0.2) is 4.98 Å². The number of fused-ring (bicyclic) bond motifs is 1. The molecule has 0 unspecified atom stereocenters. The standard InChI is InChI=1S/C25H26BrI2N3O2/c1-3-15(2)33-23-20(27)11-16(12-21(23)28)14-29-31-24(17-7-5-4-6-8-17)30-22-10-9-18(26)13-19(22)25(31)32/h9-15,17H,3-8H2,1-2H3/t15-/m0/s1. The van der Waals surface area contributed by atoms with Gasteiger partial charge in [-0.1, -0.05) is 42.1 Å². The summed E-state index contributed by atoms with van der Waals surface area (Å²) in [5.41, 5.74) is 1.53. The second-order valence-electron chi connectivity index (χ2n) is 8.48. The molecule has 1 aliphatic rings. The fraction of sp³-hybridized carbons (Fsp3) is 0.400. The average Bonchev–Trinajstić information content (AvgIpc) is 2.81. The number of hydrogen-bond acceptors (Lipinski definition) is 4. The van der Waals surface area contributed by atoms with Gasteiger partial charge in [0.15, 0.2) is 0 Å². The number of aromatic nitrogens is 2. The fourth-order valence-electron chi connectivity index (χ4n) is 4.08. The molecule has 2 aromatic carbocycles. The van der Waals surface area contributed by atoms with Gasteiger partial charge in [0.05, 0.1) is 30.4 Å². The molecule has 1 aromatic heterocycles. The van der Waals surface area contributed by atoms with Crippen LogP contribution in [0, 0.1) is 7.14 Å². The highest BCUT2D eigenvalue weighted by molar-refractivity contribution is 14.1. The minimum absolute atomic E-state index is 0.126. The molecule has 5 nitrogen and oxygen atoms in total. The van der Waals surface area contributed by atoms with E-state index in [1.165, 1.54) is 11.1 Å². The molecule has 1 heterocycles. The topological polar surface area (TPSA) is 56.5 Å². The van der Waals surface area contributed by atoms with Crippen molar-refractivity contribution in [3.63, 3.8) is 0 Å². The summed E-state index contributed by atoms with van der Waals surface area (Å²) in [6.45, 7) is 4.19. The number of hydrogen-bond donors (Lipinski definition) is 0. The highest BCUT2D eigenvalue weighted by Gasteiger charge is 2.22. The molecule has 33 heavy (non-hydrogen) atoms. The van der Waals surface area contributed by atoms with Crippen molar-refractivity contribution in [2.45, 2.75) is 64.4 Å². The first-order valence-corrected chi connectivity index (χ1v) is 14.2. The largest absolute Gasteiger partial charge is 0.489 e. The van der Waals surface area contributed by atoms with Crippen LogP contribution in [0.1, 0.15) is 69.7 Å². The van der Waals surface area contributed by atoms with Crippen molar-refractivity contribution in [3.8, 4) is 5.75 Å². The summed E-state index contributed by atoms with van der Waals surface area (Å²) in [5, 5.41) is 5.25. The van der Waals surface area contributed by atoms with E-state index in [-0.39, 0.29) is 17.6 Å². The number of nitrogens with zero attached hydrogens (tertiary/aromatic N) is 3. The van der Waals surface area contributed by atoms with E-state index in [1.807, 2.05) is 30.3 Å². The third kappa shape index (κ3) is 5.80. The third-order valence-electron chi connectivity index (χ3n) is 6.04. The first-order valence-electron chi connectivity index (χ1n) is 11.3. The Morgan fingerprint density at radius 2 is 1.91 bits per heavy atom. The monoisotopic (exact) mass is 733 g/mol. The predicted molar refractivity (Wildman–Crippen MR) is 155 cm³/mol. The van der Waals surface area contributed by atoms with E-state index in [0.29, 0.717) is 5.39 Å². The zero-order valence-electron chi connectivity index (χ0n) is 18.7. The van der Waals surface area contributed by atoms with E-state index in [4.69, 9.17) is 9.72 Å². The molecule has 0 amide bonds. The lowest BCUT2D eigenvalue weighted by Crippen LogP contribution is -2.25. The summed E-state index contributed by atoms with van der Waals surface area (Å²) in [6, 6.07) is 9.75. The van der Waals surface area contributed by atoms with E-state index in [0.717, 1.165) is 66.4 Å². The van der Waals surface area contributed by atoms with E-state index in [2.05, 4.69) is 80.1 Å². The van der Waals surface area contributed by atoms with Crippen molar-refractivity contribution < 1.29 is 4.74 Å². The minimum atomic E-state index is -0.126. The van der Waals surface area contributed by atoms with Crippen molar-refractivity contribution in [3.05, 3.63) is 63.7 Å². The van der Waals surface area contributed by atoms with Crippen molar-refractivity contribution in [1.82, 2.24) is 9.66 Å². The Morgan fingerprint density at radius 3 is 2.58 bits per heavy atom. The molecule has 0 aliphatic heterocycles. The second-order valence-corrected chi connectivity index (χ2v) is 11.7. The number of ether oxygens (including phenoxy) is 1. The zero-order valence-corrected chi connectivity index (χ0v) is 24.6. The lowest BCUT2D eigenvalue weighted by atomic mass is 9.88. The van der Waals surface area contributed by atoms with Gasteiger partial charge >= 0.3 is 0 Å². The first kappa shape index (κ1) is 25.1. The molecule has 1 saturated carbocycles. The van der Waals surface area contributed by atoms with E-state index in [1.54, 1.807) is 6.21 Å². The summed E-state index contributed by atoms with van der Waals surface area (Å²) in [6.07, 6.45) is 8.53. The van der Waals surface area contributed by atoms with Crippen molar-refractivity contribution >= 4 is 78.2 Å². The van der Waals surface area contributed by atoms with Crippen molar-refractivity contribution in [2.75, 3.05) is 0 Å². The molecule has 1 aliphatic carbocycles. The van der Waals surface area contributed by atoms with Gasteiger partial charge in [0.2, 0.25) is 0 Å². The summed E-state index contributed by atoms with van der Waals surface area (Å²) in [5.74, 6) is 1.93. The SMILES string of the molecule is CC[C@H](C)Oc1c(I)cc(C=Nn2c(C3CCCCC3)nc3ccc(Br)cc3c2=O)cc1I. The summed E-state index contributed by atoms with van der Waals surface area (Å²) in [7, 11) is 0. The smallest absolute Gasteiger partial charge is 0.282 e. The van der Waals surface area contributed by atoms with Crippen LogP contribution in [-0.2, 0) is 0 Å². The molecule has 0 N–H and O–H groups in total. The lowest BCUT2D eigenvalue weighted by Gasteiger charge is -2.22. The van der Waals surface area contributed by atoms with Crippen LogP contribution in [0.3, 0.4) is 0 Å². The molecule has 3 aromatic rings. The summed E-state index contributed by atoms with van der Waals surface area (Å²) >= 11 is 8.08. The van der Waals surface area contributed by atoms with E-state index >= 15 is 0 Å². The van der Waals surface area contributed by atoms with Gasteiger partial charge in [-0.15, -0.1) is 0 Å². The van der Waals surface area contributed by atoms with Crippen molar-refractivity contribution in [1.29, 1.82) is 0 Å². The van der Waals surface area contributed by atoms with Gasteiger partial charge in [0.25, 0.3) is 5.56 Å². The summed E-state index contributed by atoms with van der Waals surface area (Å²) < 4.78 is 10.5. The van der Waals surface area contributed by atoms with Crippen LogP contribution in [0.2, 0.25) is 0 Å². The maximum absolute atomic E-state index is 13.5. The molecule has 0 saturated heterocycles.